The molecule has 3 rings (SSSR count). The quantitative estimate of drug-likeness (QED) is 0.766. The number of ether oxygens (including phenoxy) is 1. The zero-order valence-corrected chi connectivity index (χ0v) is 13.2. The van der Waals surface area contributed by atoms with Gasteiger partial charge >= 0.3 is 0 Å². The van der Waals surface area contributed by atoms with Crippen molar-refractivity contribution in [3.63, 3.8) is 0 Å². The van der Waals surface area contributed by atoms with E-state index in [0.717, 1.165) is 25.9 Å². The van der Waals surface area contributed by atoms with Crippen LogP contribution in [0.2, 0.25) is 0 Å². The Morgan fingerprint density at radius 3 is 2.95 bits per heavy atom. The fourth-order valence-electron chi connectivity index (χ4n) is 2.64. The van der Waals surface area contributed by atoms with Crippen LogP contribution in [0, 0.1) is 0 Å². The average molecular weight is 326 g/mol. The highest BCUT2D eigenvalue weighted by Gasteiger charge is 2.28. The zero-order valence-electron chi connectivity index (χ0n) is 12.3. The molecule has 3 N–H and O–H groups in total. The Morgan fingerprint density at radius 2 is 2.23 bits per heavy atom. The van der Waals surface area contributed by atoms with Gasteiger partial charge in [-0.2, -0.15) is 0 Å². The van der Waals surface area contributed by atoms with E-state index in [2.05, 4.69) is 16.0 Å². The van der Waals surface area contributed by atoms with E-state index in [1.807, 2.05) is 0 Å². The number of fused-ring (bicyclic) bond motifs is 1. The van der Waals surface area contributed by atoms with Crippen LogP contribution in [0.4, 0.5) is 5.69 Å². The van der Waals surface area contributed by atoms with Crippen LogP contribution in [-0.2, 0) is 4.79 Å². The van der Waals surface area contributed by atoms with Crippen molar-refractivity contribution in [2.45, 2.75) is 31.9 Å². The molecule has 2 heterocycles. The molecule has 0 aliphatic carbocycles. The van der Waals surface area contributed by atoms with Crippen molar-refractivity contribution in [3.05, 3.63) is 23.8 Å². The van der Waals surface area contributed by atoms with Crippen molar-refractivity contribution in [2.75, 3.05) is 18.4 Å². The van der Waals surface area contributed by atoms with E-state index >= 15 is 0 Å². The summed E-state index contributed by atoms with van der Waals surface area (Å²) in [5.41, 5.74) is 1.01. The van der Waals surface area contributed by atoms with Gasteiger partial charge in [0.2, 0.25) is 0 Å². The van der Waals surface area contributed by atoms with Gasteiger partial charge in [0.25, 0.3) is 11.8 Å². The molecule has 1 saturated heterocycles. The number of hydrogen-bond acceptors (Lipinski definition) is 4. The van der Waals surface area contributed by atoms with Crippen LogP contribution in [-0.4, -0.2) is 37.0 Å². The highest BCUT2D eigenvalue weighted by molar-refractivity contribution is 6.04. The Morgan fingerprint density at radius 1 is 1.41 bits per heavy atom. The molecular formula is C15H20ClN3O3. The molecule has 0 bridgehead atoms. The molecule has 1 fully saturated rings. The highest BCUT2D eigenvalue weighted by Crippen LogP contribution is 2.33. The van der Waals surface area contributed by atoms with Crippen LogP contribution < -0.4 is 20.7 Å². The van der Waals surface area contributed by atoms with Gasteiger partial charge in [0.15, 0.2) is 11.9 Å². The minimum Gasteiger partial charge on any atom is -0.478 e. The molecule has 0 aromatic heterocycles. The van der Waals surface area contributed by atoms with Gasteiger partial charge in [-0.05, 0) is 38.4 Å². The number of hydrogen-bond donors (Lipinski definition) is 3. The monoisotopic (exact) mass is 325 g/mol. The molecule has 22 heavy (non-hydrogen) atoms. The van der Waals surface area contributed by atoms with Crippen molar-refractivity contribution >= 4 is 29.9 Å². The van der Waals surface area contributed by atoms with Gasteiger partial charge < -0.3 is 20.7 Å². The van der Waals surface area contributed by atoms with Gasteiger partial charge in [0, 0.05) is 12.6 Å². The molecule has 6 nitrogen and oxygen atoms in total. The molecule has 0 radical (unpaired) electrons. The van der Waals surface area contributed by atoms with E-state index in [1.165, 1.54) is 0 Å². The highest BCUT2D eigenvalue weighted by atomic mass is 35.5. The van der Waals surface area contributed by atoms with Crippen LogP contribution in [0.25, 0.3) is 0 Å². The number of benzene rings is 1. The summed E-state index contributed by atoms with van der Waals surface area (Å²) in [5.74, 6) is 0.0892. The maximum absolute atomic E-state index is 12.4. The number of rotatable bonds is 2. The van der Waals surface area contributed by atoms with Crippen LogP contribution in [0.1, 0.15) is 30.1 Å². The third-order valence-electron chi connectivity index (χ3n) is 3.81. The normalized spacial score (nSPS) is 23.4. The third kappa shape index (κ3) is 3.34. The Bertz CT molecular complexity index is 573. The molecule has 2 unspecified atom stereocenters. The van der Waals surface area contributed by atoms with E-state index in [-0.39, 0.29) is 30.3 Å². The van der Waals surface area contributed by atoms with Gasteiger partial charge in [-0.1, -0.05) is 6.07 Å². The molecule has 2 aliphatic rings. The first-order valence-electron chi connectivity index (χ1n) is 7.27. The largest absolute Gasteiger partial charge is 0.478 e. The summed E-state index contributed by atoms with van der Waals surface area (Å²) >= 11 is 0. The Hall–Kier alpha value is -1.79. The molecule has 2 aliphatic heterocycles. The molecule has 0 saturated carbocycles. The van der Waals surface area contributed by atoms with E-state index in [1.54, 1.807) is 25.1 Å². The topological polar surface area (TPSA) is 79.5 Å². The summed E-state index contributed by atoms with van der Waals surface area (Å²) in [7, 11) is 0. The predicted molar refractivity (Wildman–Crippen MR) is 85.8 cm³/mol. The van der Waals surface area contributed by atoms with Crippen molar-refractivity contribution in [1.82, 2.24) is 10.6 Å². The number of carbonyl (C=O) groups is 2. The smallest absolute Gasteiger partial charge is 0.265 e. The third-order valence-corrected chi connectivity index (χ3v) is 3.81. The second-order valence-electron chi connectivity index (χ2n) is 5.45. The van der Waals surface area contributed by atoms with Gasteiger partial charge in [-0.3, -0.25) is 9.59 Å². The molecule has 0 spiro atoms. The Balaban J connectivity index is 0.00000176. The molecule has 120 valence electrons. The lowest BCUT2D eigenvalue weighted by Gasteiger charge is -2.27. The van der Waals surface area contributed by atoms with Gasteiger partial charge in [-0.25, -0.2) is 0 Å². The first kappa shape index (κ1) is 16.6. The molecule has 7 heteroatoms. The van der Waals surface area contributed by atoms with Crippen molar-refractivity contribution < 1.29 is 14.3 Å². The first-order chi connectivity index (χ1) is 10.1. The SMILES string of the molecule is CC1Oc2c(cccc2C(=O)NC2CCCNC2)NC1=O.Cl. The number of piperidine rings is 1. The van der Waals surface area contributed by atoms with Crippen LogP contribution in [0.15, 0.2) is 18.2 Å². The van der Waals surface area contributed by atoms with Crippen molar-refractivity contribution in [2.24, 2.45) is 0 Å². The molecular weight excluding hydrogens is 306 g/mol. The summed E-state index contributed by atoms with van der Waals surface area (Å²) in [6.07, 6.45) is 1.44. The molecule has 1 aromatic rings. The number of nitrogens with one attached hydrogen (secondary N) is 3. The second-order valence-corrected chi connectivity index (χ2v) is 5.45. The van der Waals surface area contributed by atoms with Gasteiger partial charge in [-0.15, -0.1) is 12.4 Å². The summed E-state index contributed by atoms with van der Waals surface area (Å²) in [6.45, 7) is 3.45. The van der Waals surface area contributed by atoms with Crippen LogP contribution >= 0.6 is 12.4 Å². The van der Waals surface area contributed by atoms with Crippen molar-refractivity contribution in [1.29, 1.82) is 0 Å². The standard InChI is InChI=1S/C15H19N3O3.ClH/c1-9-14(19)18-12-6-2-5-11(13(12)21-9)15(20)17-10-4-3-7-16-8-10;/h2,5-6,9-10,16H,3-4,7-8H2,1H3,(H,17,20)(H,18,19);1H. The summed E-state index contributed by atoms with van der Waals surface area (Å²) in [5, 5.41) is 9.03. The lowest BCUT2D eigenvalue weighted by molar-refractivity contribution is -0.122. The molecule has 2 amide bonds. The zero-order chi connectivity index (χ0) is 14.8. The number of para-hydroxylation sites is 1. The number of carbonyl (C=O) groups excluding carboxylic acids is 2. The summed E-state index contributed by atoms with van der Waals surface area (Å²) in [4.78, 5) is 24.1. The lowest BCUT2D eigenvalue weighted by atomic mass is 10.1. The fraction of sp³-hybridized carbons (Fsp3) is 0.467. The number of amides is 2. The Labute approximate surface area is 135 Å². The minimum absolute atomic E-state index is 0. The molecule has 1 aromatic carbocycles. The molecule has 2 atom stereocenters. The fourth-order valence-corrected chi connectivity index (χ4v) is 2.64. The maximum Gasteiger partial charge on any atom is 0.265 e. The predicted octanol–water partition coefficient (Wildman–Crippen LogP) is 1.31. The van der Waals surface area contributed by atoms with E-state index < -0.39 is 6.10 Å². The minimum atomic E-state index is -0.595. The van der Waals surface area contributed by atoms with Gasteiger partial charge in [0.1, 0.15) is 0 Å². The first-order valence-corrected chi connectivity index (χ1v) is 7.27. The second kappa shape index (κ2) is 6.98. The maximum atomic E-state index is 12.4. The lowest BCUT2D eigenvalue weighted by Crippen LogP contribution is -2.46. The van der Waals surface area contributed by atoms with Crippen LogP contribution in [0.5, 0.6) is 5.75 Å². The van der Waals surface area contributed by atoms with Crippen molar-refractivity contribution in [3.8, 4) is 5.75 Å². The number of anilines is 1. The van der Waals surface area contributed by atoms with E-state index in [9.17, 15) is 9.59 Å². The average Bonchev–Trinajstić information content (AvgIpc) is 2.49. The van der Waals surface area contributed by atoms with E-state index in [4.69, 9.17) is 4.74 Å². The van der Waals surface area contributed by atoms with Crippen LogP contribution in [0.3, 0.4) is 0 Å². The Kier molecular flexibility index (Phi) is 5.26. The number of halogens is 1. The summed E-state index contributed by atoms with van der Waals surface area (Å²) in [6, 6.07) is 5.33. The summed E-state index contributed by atoms with van der Waals surface area (Å²) < 4.78 is 5.60. The van der Waals surface area contributed by atoms with Gasteiger partial charge in [0.05, 0.1) is 11.3 Å². The van der Waals surface area contributed by atoms with E-state index in [0.29, 0.717) is 17.0 Å².